The zero-order chi connectivity index (χ0) is 67.1. The quantitative estimate of drug-likeness (QED) is 0.00976. The Kier molecular flexibility index (Phi) is 29.0. The molecule has 5 aromatic heterocycles. The maximum Gasteiger partial charge on any atom is 0.673 e. The lowest BCUT2D eigenvalue weighted by Gasteiger charge is -2.08. The van der Waals surface area contributed by atoms with Crippen molar-refractivity contribution in [3.8, 4) is 34.4 Å². The smallest absolute Gasteiger partial charge is 0.429 e. The Bertz CT molecular complexity index is 4180. The Morgan fingerprint density at radius 3 is 1.37 bits per heavy atom. The zero-order valence-electron chi connectivity index (χ0n) is 48.4. The monoisotopic (exact) mass is 1530 g/mol. The lowest BCUT2D eigenvalue weighted by molar-refractivity contribution is -0.00282. The lowest BCUT2D eigenvalue weighted by atomic mass is 10.3. The van der Waals surface area contributed by atoms with Crippen LogP contribution in [0.15, 0.2) is 114 Å². The van der Waals surface area contributed by atoms with Gasteiger partial charge in [0.05, 0.1) is 30.5 Å². The van der Waals surface area contributed by atoms with Gasteiger partial charge < -0.3 is 37.6 Å². The minimum Gasteiger partial charge on any atom is -0.429 e. The third kappa shape index (κ3) is 22.8. The van der Waals surface area contributed by atoms with Gasteiger partial charge in [0.15, 0.2) is 22.9 Å². The van der Waals surface area contributed by atoms with Crippen LogP contribution in [0.4, 0.5) is 53.6 Å². The second-order valence-corrected chi connectivity index (χ2v) is 28.6. The van der Waals surface area contributed by atoms with Crippen LogP contribution in [0.25, 0.3) is 34.4 Å². The molecule has 0 amide bonds. The van der Waals surface area contributed by atoms with Crippen LogP contribution < -0.4 is 32.9 Å². The number of rotatable bonds is 21. The van der Waals surface area contributed by atoms with E-state index in [0.717, 1.165) is 9.13 Å². The molecule has 0 aliphatic carbocycles. The Labute approximate surface area is 532 Å². The molecule has 0 aliphatic rings. The van der Waals surface area contributed by atoms with Crippen LogP contribution in [-0.4, -0.2) is 171 Å². The van der Waals surface area contributed by atoms with Crippen molar-refractivity contribution in [2.24, 2.45) is 13.7 Å². The highest BCUT2D eigenvalue weighted by Crippen LogP contribution is 2.29. The first-order valence-electron chi connectivity index (χ1n) is 25.4. The van der Waals surface area contributed by atoms with Crippen LogP contribution in [0, 0.1) is 22.2 Å². The van der Waals surface area contributed by atoms with Crippen molar-refractivity contribution < 1.29 is 75.6 Å². The minimum absolute atomic E-state index is 0.00985. The predicted octanol–water partition coefficient (Wildman–Crippen LogP) is 8.85. The number of halogens is 10. The van der Waals surface area contributed by atoms with Crippen molar-refractivity contribution in [1.82, 2.24) is 55.9 Å². The molecule has 0 saturated heterocycles. The Hall–Kier alpha value is -7.39. The van der Waals surface area contributed by atoms with Crippen LogP contribution in [0.1, 0.15) is 26.5 Å². The van der Waals surface area contributed by atoms with E-state index in [2.05, 4.69) is 128 Å². The third-order valence-corrected chi connectivity index (χ3v) is 19.5. The van der Waals surface area contributed by atoms with E-state index < -0.39 is 65.4 Å². The van der Waals surface area contributed by atoms with E-state index in [9.17, 15) is 57.9 Å². The highest BCUT2D eigenvalue weighted by atomic mass is 79.9. The molecule has 0 spiro atoms. The summed E-state index contributed by atoms with van der Waals surface area (Å²) < 4.78 is 160. The van der Waals surface area contributed by atoms with Gasteiger partial charge in [0, 0.05) is 97.4 Å². The standard InChI is InChI=1S/C15H16BrFN6O4S.C14H14BrFN6O4S.C14H18BrFN6O3S.C3H9O.BF4/c1-3-28(25,18-2)7-6-19-13-12(20-27-21-13)14-22-26-15(24)23(14)9-4-5-11(17)10(16)8-9;1-2-27(17,24)6-5-18-12-11(19-26-20-12)13-21-25-14(23)22(13)8-3-4-10(16)9(15)7-8;1-3-26(24,17-2)7-6-18-13-12(21-25-22-13)14(20-23)19-9-4-5-11(16)10(15)8-9;1-4(2)3;2-1(3,4)5/h4-5,8H,3,6-7H2,1-2H3,(H,19,21);3-4,7,17H,2,5-6H2,1H3,(H,18,20);4-5,8,23H,3,6-7H2,1-2H3,(H,18,22)(H,19,20);1-3H3;/q;;;+1;-1. The first-order valence-corrected chi connectivity index (χ1v) is 33.4. The summed E-state index contributed by atoms with van der Waals surface area (Å²) in [6.45, 7) is 6.06. The summed E-state index contributed by atoms with van der Waals surface area (Å²) in [5.41, 5.74) is 3.19. The summed E-state index contributed by atoms with van der Waals surface area (Å²) >= 11 is 9.20. The SMILES string of the molecule is CCS(=N)(=O)CCNc1nonc1-c1noc(=O)n1-c1ccc(F)c(Br)c1.CCS(=O)(CCNc1nonc1-c1noc(=O)n1-c1ccc(F)c(Br)c1)=NC.CCS(=O)(CCNc1nonc1C(=Nc1ccc(F)c(Br)c1)NO)=NC.C[O+](C)C.F[B-](F)(F)F. The predicted molar refractivity (Wildman–Crippen MR) is 330 cm³/mol. The van der Waals surface area contributed by atoms with Gasteiger partial charge in [-0.3, -0.25) is 24.5 Å². The van der Waals surface area contributed by atoms with Gasteiger partial charge >= 0.3 is 18.8 Å². The first kappa shape index (κ1) is 75.1. The van der Waals surface area contributed by atoms with Gasteiger partial charge in [0.2, 0.25) is 29.1 Å². The normalized spacial score (nSPS) is 13.3. The molecule has 44 heteroatoms. The average Bonchev–Trinajstić information content (AvgIpc) is 1.67. The fraction of sp³-hybridized carbons (Fsp3) is 0.370. The molecule has 3 aromatic carbocycles. The van der Waals surface area contributed by atoms with Crippen molar-refractivity contribution in [3.63, 3.8) is 0 Å². The number of nitrogens with one attached hydrogen (secondary N) is 5. The van der Waals surface area contributed by atoms with Crippen LogP contribution in [0.5, 0.6) is 0 Å². The van der Waals surface area contributed by atoms with Crippen molar-refractivity contribution in [2.45, 2.75) is 20.8 Å². The van der Waals surface area contributed by atoms with Gasteiger partial charge in [-0.25, -0.2) is 72.1 Å². The van der Waals surface area contributed by atoms with Gasteiger partial charge in [-0.15, -0.1) is 0 Å². The fourth-order valence-electron chi connectivity index (χ4n) is 6.55. The van der Waals surface area contributed by atoms with E-state index in [1.807, 2.05) is 26.8 Å². The van der Waals surface area contributed by atoms with Gasteiger partial charge in [0.1, 0.15) is 38.8 Å². The Balaban J connectivity index is 0.000000269. The molecule has 8 rings (SSSR count). The molecular formula is C46H57BBr3F7N18O12S3. The van der Waals surface area contributed by atoms with E-state index in [0.29, 0.717) is 46.6 Å². The minimum atomic E-state index is -6.00. The number of hydrogen-bond acceptors (Lipinski definition) is 26. The molecule has 3 atom stereocenters. The van der Waals surface area contributed by atoms with E-state index in [1.54, 1.807) is 20.8 Å². The third-order valence-electron chi connectivity index (χ3n) is 11.1. The largest absolute Gasteiger partial charge is 0.673 e. The number of benzene rings is 3. The molecule has 3 unspecified atom stereocenters. The number of hydrogen-bond donors (Lipinski definition) is 6. The summed E-state index contributed by atoms with van der Waals surface area (Å²) in [6, 6.07) is 12.0. The molecule has 494 valence electrons. The summed E-state index contributed by atoms with van der Waals surface area (Å²) in [5, 5.41) is 47.9. The number of aromatic nitrogens is 10. The molecule has 8 aromatic rings. The highest BCUT2D eigenvalue weighted by Gasteiger charge is 2.26. The molecule has 0 aliphatic heterocycles. The number of aliphatic imine (C=N–C) groups is 1. The molecule has 5 heterocycles. The molecule has 90 heavy (non-hydrogen) atoms. The van der Waals surface area contributed by atoms with E-state index in [-0.39, 0.29) is 90.0 Å². The topological polar surface area (TPSA) is 396 Å². The fourth-order valence-corrected chi connectivity index (χ4v) is 10.7. The summed E-state index contributed by atoms with van der Waals surface area (Å²) in [5.74, 6) is -0.693. The van der Waals surface area contributed by atoms with Crippen LogP contribution in [0.2, 0.25) is 0 Å². The van der Waals surface area contributed by atoms with Crippen molar-refractivity contribution in [2.75, 3.05) is 106 Å². The Morgan fingerprint density at radius 2 is 0.989 bits per heavy atom. The van der Waals surface area contributed by atoms with Crippen LogP contribution in [-0.2, 0) is 33.6 Å². The zero-order valence-corrected chi connectivity index (χ0v) is 55.6. The molecule has 0 saturated carbocycles. The van der Waals surface area contributed by atoms with E-state index in [4.69, 9.17) is 23.1 Å². The van der Waals surface area contributed by atoms with Crippen molar-refractivity contribution in [1.29, 1.82) is 4.78 Å². The second-order valence-electron chi connectivity index (χ2n) is 17.7. The molecular weight excluding hydrogens is 1480 g/mol. The number of hydroxylamine groups is 1. The second kappa shape index (κ2) is 34.7. The Morgan fingerprint density at radius 1 is 0.611 bits per heavy atom. The summed E-state index contributed by atoms with van der Waals surface area (Å²) in [7, 11) is -4.45. The molecule has 0 radical (unpaired) electrons. The summed E-state index contributed by atoms with van der Waals surface area (Å²) in [4.78, 5) is 28.4. The van der Waals surface area contributed by atoms with Gasteiger partial charge in [0.25, 0.3) is 0 Å². The van der Waals surface area contributed by atoms with Crippen molar-refractivity contribution in [3.05, 3.63) is 112 Å². The molecule has 30 nitrogen and oxygen atoms in total. The van der Waals surface area contributed by atoms with Crippen LogP contribution in [0.3, 0.4) is 0 Å². The van der Waals surface area contributed by atoms with E-state index >= 15 is 0 Å². The number of nitrogens with zero attached hydrogens (tertiary/aromatic N) is 13. The lowest BCUT2D eigenvalue weighted by Crippen LogP contribution is -2.23. The first-order chi connectivity index (χ1) is 42.4. The average molecular weight is 1530 g/mol. The highest BCUT2D eigenvalue weighted by molar-refractivity contribution is 9.11. The van der Waals surface area contributed by atoms with Gasteiger partial charge in [-0.2, -0.15) is 0 Å². The maximum atomic E-state index is 13.5. The van der Waals surface area contributed by atoms with Gasteiger partial charge in [-0.05, 0) is 133 Å². The van der Waals surface area contributed by atoms with Gasteiger partial charge in [-0.1, -0.05) is 31.1 Å². The molecule has 0 fully saturated rings. The van der Waals surface area contributed by atoms with Crippen molar-refractivity contribution >= 4 is 113 Å². The number of anilines is 3. The number of amidine groups is 1. The molecule has 6 N–H and O–H groups in total. The maximum absolute atomic E-state index is 13.5. The van der Waals surface area contributed by atoms with Crippen LogP contribution >= 0.6 is 47.8 Å². The van der Waals surface area contributed by atoms with E-state index in [1.165, 1.54) is 68.7 Å². The molecule has 0 bridgehead atoms. The summed E-state index contributed by atoms with van der Waals surface area (Å²) in [6.07, 6.45) is 0.